The van der Waals surface area contributed by atoms with E-state index in [9.17, 15) is 8.78 Å². The first-order valence-corrected chi connectivity index (χ1v) is 9.62. The highest BCUT2D eigenvalue weighted by atomic mass is 19.2. The Morgan fingerprint density at radius 1 is 0.828 bits per heavy atom. The van der Waals surface area contributed by atoms with Crippen LogP contribution in [0.2, 0.25) is 0 Å². The Morgan fingerprint density at radius 2 is 1.59 bits per heavy atom. The number of benzene rings is 2. The maximum absolute atomic E-state index is 13.5. The number of hydrogen-bond acceptors (Lipinski definition) is 5. The Kier molecular flexibility index (Phi) is 5.29. The van der Waals surface area contributed by atoms with E-state index >= 15 is 0 Å². The number of hydrogen-bond donors (Lipinski definition) is 1. The second-order valence-corrected chi connectivity index (χ2v) is 7.26. The summed E-state index contributed by atoms with van der Waals surface area (Å²) in [7, 11) is 0. The van der Waals surface area contributed by atoms with Crippen LogP contribution in [-0.4, -0.2) is 36.1 Å². The van der Waals surface area contributed by atoms with Gasteiger partial charge in [0, 0.05) is 55.4 Å². The third-order valence-corrected chi connectivity index (χ3v) is 4.96. The third kappa shape index (κ3) is 4.45. The van der Waals surface area contributed by atoms with Crippen LogP contribution in [0.4, 0.5) is 31.9 Å². The maximum Gasteiger partial charge on any atom is 0.227 e. The van der Waals surface area contributed by atoms with Crippen molar-refractivity contribution in [2.24, 2.45) is 0 Å². The van der Waals surface area contributed by atoms with Crippen molar-refractivity contribution >= 4 is 23.1 Å². The lowest BCUT2D eigenvalue weighted by Gasteiger charge is -2.36. The molecule has 1 aromatic heterocycles. The van der Waals surface area contributed by atoms with Crippen molar-refractivity contribution in [3.63, 3.8) is 0 Å². The number of nitrogens with one attached hydrogen (secondary N) is 1. The third-order valence-electron chi connectivity index (χ3n) is 4.96. The van der Waals surface area contributed by atoms with Gasteiger partial charge in [0.15, 0.2) is 11.6 Å². The maximum atomic E-state index is 13.5. The van der Waals surface area contributed by atoms with E-state index in [0.29, 0.717) is 17.5 Å². The monoisotopic (exact) mass is 395 g/mol. The highest BCUT2D eigenvalue weighted by Gasteiger charge is 2.20. The summed E-state index contributed by atoms with van der Waals surface area (Å²) in [6, 6.07) is 14.0. The van der Waals surface area contributed by atoms with Gasteiger partial charge < -0.3 is 15.1 Å². The quantitative estimate of drug-likeness (QED) is 0.708. The number of aryl methyl sites for hydroxylation is 2. The molecular formula is C22H23F2N5. The van der Waals surface area contributed by atoms with Crippen molar-refractivity contribution in [1.82, 2.24) is 9.97 Å². The van der Waals surface area contributed by atoms with Gasteiger partial charge in [0.2, 0.25) is 5.95 Å². The van der Waals surface area contributed by atoms with E-state index in [4.69, 9.17) is 0 Å². The predicted molar refractivity (Wildman–Crippen MR) is 112 cm³/mol. The van der Waals surface area contributed by atoms with Crippen LogP contribution in [0.15, 0.2) is 48.5 Å². The molecule has 1 N–H and O–H groups in total. The van der Waals surface area contributed by atoms with E-state index in [0.717, 1.165) is 44.0 Å². The van der Waals surface area contributed by atoms with Crippen LogP contribution in [0.25, 0.3) is 0 Å². The van der Waals surface area contributed by atoms with E-state index in [1.165, 1.54) is 17.3 Å². The van der Waals surface area contributed by atoms with Gasteiger partial charge in [-0.25, -0.2) is 13.8 Å². The summed E-state index contributed by atoms with van der Waals surface area (Å²) >= 11 is 0. The standard InChI is InChI=1S/C22H23F2N5/c1-15-4-3-5-18(12-15)28-8-10-29(11-9-28)22-25-16(2)13-21(27-22)26-17-6-7-19(23)20(24)14-17/h3-7,12-14H,8-11H2,1-2H3,(H,25,26,27). The number of rotatable bonds is 4. The summed E-state index contributed by atoms with van der Waals surface area (Å²) < 4.78 is 26.6. The fourth-order valence-corrected chi connectivity index (χ4v) is 3.47. The van der Waals surface area contributed by atoms with E-state index in [1.807, 2.05) is 6.92 Å². The highest BCUT2D eigenvalue weighted by molar-refractivity contribution is 5.58. The largest absolute Gasteiger partial charge is 0.368 e. The predicted octanol–water partition coefficient (Wildman–Crippen LogP) is 4.44. The average Bonchev–Trinajstić information content (AvgIpc) is 2.70. The van der Waals surface area contributed by atoms with Crippen molar-refractivity contribution in [2.45, 2.75) is 13.8 Å². The first kappa shape index (κ1) is 19.1. The molecule has 0 saturated carbocycles. The number of anilines is 4. The van der Waals surface area contributed by atoms with Crippen molar-refractivity contribution in [1.29, 1.82) is 0 Å². The Hall–Kier alpha value is -3.22. The average molecular weight is 395 g/mol. The molecule has 0 bridgehead atoms. The summed E-state index contributed by atoms with van der Waals surface area (Å²) in [6.07, 6.45) is 0. The summed E-state index contributed by atoms with van der Waals surface area (Å²) in [5.74, 6) is -0.576. The van der Waals surface area contributed by atoms with Gasteiger partial charge in [-0.2, -0.15) is 4.98 Å². The van der Waals surface area contributed by atoms with Gasteiger partial charge >= 0.3 is 0 Å². The van der Waals surface area contributed by atoms with Gasteiger partial charge in [0.25, 0.3) is 0 Å². The topological polar surface area (TPSA) is 44.3 Å². The summed E-state index contributed by atoms with van der Waals surface area (Å²) in [5, 5.41) is 3.04. The van der Waals surface area contributed by atoms with Crippen molar-refractivity contribution < 1.29 is 8.78 Å². The van der Waals surface area contributed by atoms with Crippen LogP contribution in [0.1, 0.15) is 11.3 Å². The van der Waals surface area contributed by atoms with Crippen LogP contribution in [0.3, 0.4) is 0 Å². The molecule has 4 rings (SSSR count). The van der Waals surface area contributed by atoms with Crippen LogP contribution >= 0.6 is 0 Å². The van der Waals surface area contributed by atoms with Crippen LogP contribution in [0, 0.1) is 25.5 Å². The summed E-state index contributed by atoms with van der Waals surface area (Å²) in [4.78, 5) is 13.7. The lowest BCUT2D eigenvalue weighted by atomic mass is 10.2. The van der Waals surface area contributed by atoms with Gasteiger partial charge in [-0.15, -0.1) is 0 Å². The SMILES string of the molecule is Cc1cccc(N2CCN(c3nc(C)cc(Nc4ccc(F)c(F)c4)n3)CC2)c1. The van der Waals surface area contributed by atoms with Crippen molar-refractivity contribution in [2.75, 3.05) is 41.3 Å². The zero-order valence-electron chi connectivity index (χ0n) is 16.5. The fourth-order valence-electron chi connectivity index (χ4n) is 3.47. The Morgan fingerprint density at radius 3 is 2.31 bits per heavy atom. The number of halogens is 2. The van der Waals surface area contributed by atoms with Gasteiger partial charge in [-0.1, -0.05) is 12.1 Å². The van der Waals surface area contributed by atoms with Crippen LogP contribution < -0.4 is 15.1 Å². The molecular weight excluding hydrogens is 372 g/mol. The zero-order chi connectivity index (χ0) is 20.4. The molecule has 1 fully saturated rings. The van der Waals surface area contributed by atoms with Crippen molar-refractivity contribution in [3.8, 4) is 0 Å². The molecule has 150 valence electrons. The molecule has 0 amide bonds. The number of nitrogens with zero attached hydrogens (tertiary/aromatic N) is 4. The minimum atomic E-state index is -0.895. The molecule has 0 spiro atoms. The Bertz CT molecular complexity index is 1020. The summed E-state index contributed by atoms with van der Waals surface area (Å²) in [6.45, 7) is 7.37. The van der Waals surface area contributed by atoms with E-state index in [-0.39, 0.29) is 0 Å². The van der Waals surface area contributed by atoms with Gasteiger partial charge in [-0.3, -0.25) is 0 Å². The first-order valence-electron chi connectivity index (χ1n) is 9.62. The summed E-state index contributed by atoms with van der Waals surface area (Å²) in [5.41, 5.74) is 3.73. The second kappa shape index (κ2) is 8.03. The molecule has 0 radical (unpaired) electrons. The first-order chi connectivity index (χ1) is 14.0. The molecule has 1 saturated heterocycles. The molecule has 0 atom stereocenters. The molecule has 2 aromatic carbocycles. The molecule has 7 heteroatoms. The minimum absolute atomic E-state index is 0.442. The smallest absolute Gasteiger partial charge is 0.227 e. The normalized spacial score (nSPS) is 14.2. The number of piperazine rings is 1. The zero-order valence-corrected chi connectivity index (χ0v) is 16.5. The molecule has 0 unspecified atom stereocenters. The minimum Gasteiger partial charge on any atom is -0.368 e. The van der Waals surface area contributed by atoms with Crippen LogP contribution in [0.5, 0.6) is 0 Å². The molecule has 0 aliphatic carbocycles. The van der Waals surface area contributed by atoms with Gasteiger partial charge in [-0.05, 0) is 43.7 Å². The molecule has 2 heterocycles. The Labute approximate surface area is 169 Å². The van der Waals surface area contributed by atoms with Crippen LogP contribution in [-0.2, 0) is 0 Å². The molecule has 5 nitrogen and oxygen atoms in total. The molecule has 29 heavy (non-hydrogen) atoms. The van der Waals surface area contributed by atoms with E-state index in [2.05, 4.69) is 56.3 Å². The highest BCUT2D eigenvalue weighted by Crippen LogP contribution is 2.23. The second-order valence-electron chi connectivity index (χ2n) is 7.26. The van der Waals surface area contributed by atoms with E-state index in [1.54, 1.807) is 6.07 Å². The molecule has 1 aliphatic rings. The van der Waals surface area contributed by atoms with Gasteiger partial charge in [0.1, 0.15) is 5.82 Å². The fraction of sp³-hybridized carbons (Fsp3) is 0.273. The molecule has 1 aliphatic heterocycles. The lowest BCUT2D eigenvalue weighted by molar-refractivity contribution is 0.509. The van der Waals surface area contributed by atoms with E-state index < -0.39 is 11.6 Å². The van der Waals surface area contributed by atoms with Crippen molar-refractivity contribution in [3.05, 3.63) is 71.4 Å². The Balaban J connectivity index is 1.47. The number of aromatic nitrogens is 2. The van der Waals surface area contributed by atoms with Gasteiger partial charge in [0.05, 0.1) is 0 Å². The lowest BCUT2D eigenvalue weighted by Crippen LogP contribution is -2.47. The molecule has 3 aromatic rings.